The van der Waals surface area contributed by atoms with Crippen molar-refractivity contribution >= 4 is 0 Å². The maximum absolute atomic E-state index is 2.49. The van der Waals surface area contributed by atoms with Gasteiger partial charge in [0, 0.05) is 0 Å². The molecule has 2 fully saturated rings. The Bertz CT molecular complexity index is 160. The molecule has 0 heterocycles. The van der Waals surface area contributed by atoms with Crippen LogP contribution in [0.25, 0.3) is 0 Å². The average molecular weight is 134 g/mol. The van der Waals surface area contributed by atoms with E-state index in [1.165, 1.54) is 25.7 Å². The molecular weight excluding hydrogens is 120 g/mol. The van der Waals surface area contributed by atoms with E-state index in [1.54, 1.807) is 0 Å². The summed E-state index contributed by atoms with van der Waals surface area (Å²) in [7, 11) is 0. The minimum Gasteiger partial charge on any atom is -0.0848 e. The quantitative estimate of drug-likeness (QED) is 0.447. The van der Waals surface area contributed by atoms with Crippen LogP contribution in [0.5, 0.6) is 0 Å². The molecule has 4 atom stereocenters. The molecule has 2 bridgehead atoms. The first-order valence-corrected chi connectivity index (χ1v) is 4.63. The van der Waals surface area contributed by atoms with Crippen molar-refractivity contribution in [2.75, 3.05) is 0 Å². The summed E-state index contributed by atoms with van der Waals surface area (Å²) in [6.07, 6.45) is 11.1. The van der Waals surface area contributed by atoms with Crippen LogP contribution >= 0.6 is 0 Å². The van der Waals surface area contributed by atoms with Crippen molar-refractivity contribution in [3.05, 3.63) is 12.2 Å². The molecule has 10 heavy (non-hydrogen) atoms. The predicted molar refractivity (Wildman–Crippen MR) is 41.6 cm³/mol. The van der Waals surface area contributed by atoms with Gasteiger partial charge in [0.15, 0.2) is 0 Å². The second-order valence-corrected chi connectivity index (χ2v) is 4.20. The predicted octanol–water partition coefficient (Wildman–Crippen LogP) is 2.61. The van der Waals surface area contributed by atoms with Gasteiger partial charge in [0.05, 0.1) is 0 Å². The third-order valence-corrected chi connectivity index (χ3v) is 3.92. The van der Waals surface area contributed by atoms with E-state index >= 15 is 0 Å². The second-order valence-electron chi connectivity index (χ2n) is 4.20. The lowest BCUT2D eigenvalue weighted by Crippen LogP contribution is -2.43. The van der Waals surface area contributed by atoms with E-state index in [0.717, 1.165) is 23.7 Å². The van der Waals surface area contributed by atoms with Crippen LogP contribution in [-0.2, 0) is 0 Å². The number of fused-ring (bicyclic) bond motifs is 1. The molecule has 0 spiro atoms. The Hall–Kier alpha value is -0.260. The summed E-state index contributed by atoms with van der Waals surface area (Å²) in [6, 6.07) is 0. The summed E-state index contributed by atoms with van der Waals surface area (Å²) >= 11 is 0. The van der Waals surface area contributed by atoms with Crippen LogP contribution in [0.1, 0.15) is 25.7 Å². The van der Waals surface area contributed by atoms with Crippen LogP contribution in [0.2, 0.25) is 0 Å². The van der Waals surface area contributed by atoms with E-state index < -0.39 is 0 Å². The SMILES string of the molecule is C1=CC2CCC1C1CCC21. The highest BCUT2D eigenvalue weighted by Gasteiger charge is 2.45. The summed E-state index contributed by atoms with van der Waals surface area (Å²) in [5.74, 6) is 4.26. The van der Waals surface area contributed by atoms with Crippen LogP contribution < -0.4 is 0 Å². The van der Waals surface area contributed by atoms with Gasteiger partial charge < -0.3 is 0 Å². The van der Waals surface area contributed by atoms with Gasteiger partial charge in [0.25, 0.3) is 0 Å². The molecule has 0 radical (unpaired) electrons. The second kappa shape index (κ2) is 1.66. The molecule has 4 aliphatic rings. The van der Waals surface area contributed by atoms with Crippen molar-refractivity contribution in [2.45, 2.75) is 25.7 Å². The van der Waals surface area contributed by atoms with E-state index in [2.05, 4.69) is 12.2 Å². The normalized spacial score (nSPS) is 56.0. The minimum atomic E-state index is 1.00. The highest BCUT2D eigenvalue weighted by molar-refractivity contribution is 5.12. The molecule has 0 N–H and O–H groups in total. The molecular formula is C10H14. The van der Waals surface area contributed by atoms with Crippen LogP contribution in [0, 0.1) is 23.7 Å². The Morgan fingerprint density at radius 3 is 1.40 bits per heavy atom. The Morgan fingerprint density at radius 1 is 0.700 bits per heavy atom. The highest BCUT2D eigenvalue weighted by Crippen LogP contribution is 2.54. The van der Waals surface area contributed by atoms with Gasteiger partial charge in [-0.25, -0.2) is 0 Å². The molecule has 4 unspecified atom stereocenters. The first-order chi connectivity index (χ1) is 4.95. The summed E-state index contributed by atoms with van der Waals surface area (Å²) < 4.78 is 0. The molecule has 4 aliphatic carbocycles. The van der Waals surface area contributed by atoms with Crippen LogP contribution in [0.3, 0.4) is 0 Å². The zero-order chi connectivity index (χ0) is 6.55. The van der Waals surface area contributed by atoms with E-state index in [1.807, 2.05) is 0 Å². The largest absolute Gasteiger partial charge is 0.0848 e. The van der Waals surface area contributed by atoms with Gasteiger partial charge in [0.1, 0.15) is 0 Å². The van der Waals surface area contributed by atoms with Crippen molar-refractivity contribution in [2.24, 2.45) is 23.7 Å². The van der Waals surface area contributed by atoms with E-state index in [-0.39, 0.29) is 0 Å². The maximum Gasteiger partial charge on any atom is -0.0202 e. The van der Waals surface area contributed by atoms with Crippen molar-refractivity contribution in [1.82, 2.24) is 0 Å². The molecule has 0 aromatic heterocycles. The van der Waals surface area contributed by atoms with Crippen molar-refractivity contribution in [3.63, 3.8) is 0 Å². The fraction of sp³-hybridized carbons (Fsp3) is 0.800. The molecule has 0 nitrogen and oxygen atoms in total. The molecule has 2 saturated carbocycles. The third kappa shape index (κ3) is 0.492. The first-order valence-electron chi connectivity index (χ1n) is 4.63. The Balaban J connectivity index is 1.98. The number of rotatable bonds is 0. The van der Waals surface area contributed by atoms with E-state index in [4.69, 9.17) is 0 Å². The molecule has 0 heteroatoms. The van der Waals surface area contributed by atoms with Gasteiger partial charge >= 0.3 is 0 Å². The Kier molecular flexibility index (Phi) is 0.898. The molecule has 0 aromatic rings. The van der Waals surface area contributed by atoms with Gasteiger partial charge in [0.2, 0.25) is 0 Å². The summed E-state index contributed by atoms with van der Waals surface area (Å²) in [4.78, 5) is 0. The monoisotopic (exact) mass is 134 g/mol. The number of hydrogen-bond donors (Lipinski definition) is 0. The minimum absolute atomic E-state index is 1.00. The van der Waals surface area contributed by atoms with Gasteiger partial charge in [-0.05, 0) is 49.4 Å². The smallest absolute Gasteiger partial charge is 0.0202 e. The van der Waals surface area contributed by atoms with Gasteiger partial charge in [-0.2, -0.15) is 0 Å². The zero-order valence-corrected chi connectivity index (χ0v) is 6.29. The van der Waals surface area contributed by atoms with Gasteiger partial charge in [-0.3, -0.25) is 0 Å². The molecule has 0 amide bonds. The zero-order valence-electron chi connectivity index (χ0n) is 6.29. The van der Waals surface area contributed by atoms with Crippen LogP contribution in [0.15, 0.2) is 12.2 Å². The molecule has 0 saturated heterocycles. The fourth-order valence-corrected chi connectivity index (χ4v) is 3.19. The van der Waals surface area contributed by atoms with Crippen LogP contribution in [-0.4, -0.2) is 0 Å². The van der Waals surface area contributed by atoms with Crippen LogP contribution in [0.4, 0.5) is 0 Å². The summed E-state index contributed by atoms with van der Waals surface area (Å²) in [6.45, 7) is 0. The summed E-state index contributed by atoms with van der Waals surface area (Å²) in [5, 5.41) is 0. The first kappa shape index (κ1) is 5.40. The topological polar surface area (TPSA) is 0 Å². The van der Waals surface area contributed by atoms with E-state index in [9.17, 15) is 0 Å². The fourth-order valence-electron chi connectivity index (χ4n) is 3.19. The van der Waals surface area contributed by atoms with E-state index in [0.29, 0.717) is 0 Å². The summed E-state index contributed by atoms with van der Waals surface area (Å²) in [5.41, 5.74) is 0. The Labute approximate surface area is 62.3 Å². The molecule has 4 rings (SSSR count). The van der Waals surface area contributed by atoms with Gasteiger partial charge in [-0.15, -0.1) is 0 Å². The maximum atomic E-state index is 2.49. The number of allylic oxidation sites excluding steroid dienone is 2. The lowest BCUT2D eigenvalue weighted by molar-refractivity contribution is 0.0275. The number of hydrogen-bond acceptors (Lipinski definition) is 0. The molecule has 0 aromatic carbocycles. The van der Waals surface area contributed by atoms with Crippen molar-refractivity contribution in [1.29, 1.82) is 0 Å². The Morgan fingerprint density at radius 2 is 1.20 bits per heavy atom. The standard InChI is InChI=1S/C10H14/c1-2-8-4-3-7(1)9-5-6-10(8)9/h1-2,7-10H,3-6H2. The van der Waals surface area contributed by atoms with Gasteiger partial charge in [-0.1, -0.05) is 12.2 Å². The highest BCUT2D eigenvalue weighted by atomic mass is 14.5. The molecule has 0 aliphatic heterocycles. The third-order valence-electron chi connectivity index (χ3n) is 3.92. The average Bonchev–Trinajstić information content (AvgIpc) is 1.88. The lowest BCUT2D eigenvalue weighted by Gasteiger charge is -2.52. The molecule has 54 valence electrons. The van der Waals surface area contributed by atoms with Crippen molar-refractivity contribution in [3.8, 4) is 0 Å². The lowest BCUT2D eigenvalue weighted by atomic mass is 9.53. The van der Waals surface area contributed by atoms with Crippen molar-refractivity contribution < 1.29 is 0 Å².